The summed E-state index contributed by atoms with van der Waals surface area (Å²) in [7, 11) is -6.25. The highest BCUT2D eigenvalue weighted by atomic mass is 31.2. The van der Waals surface area contributed by atoms with E-state index in [1.165, 1.54) is 0 Å². The summed E-state index contributed by atoms with van der Waals surface area (Å²) in [6, 6.07) is 55.4. The van der Waals surface area contributed by atoms with Gasteiger partial charge in [0, 0.05) is 37.2 Å². The van der Waals surface area contributed by atoms with Gasteiger partial charge in [-0.05, 0) is 23.3 Å². The Morgan fingerprint density at radius 3 is 0.884 bits per heavy atom. The fraction of sp³-hybridized carbons (Fsp3) is 0.0769. The van der Waals surface area contributed by atoms with Crippen molar-refractivity contribution < 1.29 is 9.13 Å². The summed E-state index contributed by atoms with van der Waals surface area (Å²) in [6.45, 7) is 4.36. The molecule has 0 aliphatic heterocycles. The molecule has 0 saturated carbocycles. The zero-order valence-electron chi connectivity index (χ0n) is 24.4. The fourth-order valence-corrected chi connectivity index (χ4v) is 11.2. The van der Waals surface area contributed by atoms with Crippen LogP contribution in [-0.4, -0.2) is 0 Å². The van der Waals surface area contributed by atoms with Gasteiger partial charge in [-0.1, -0.05) is 172 Å². The van der Waals surface area contributed by atoms with Crippen molar-refractivity contribution in [2.24, 2.45) is 0 Å². The molecular formula is C39H34O2P2. The quantitative estimate of drug-likeness (QED) is 0.173. The summed E-state index contributed by atoms with van der Waals surface area (Å²) < 4.78 is 30.2. The lowest BCUT2D eigenvalue weighted by Gasteiger charge is -2.29. The Labute approximate surface area is 254 Å². The first-order valence-electron chi connectivity index (χ1n) is 14.5. The van der Waals surface area contributed by atoms with Crippen molar-refractivity contribution >= 4 is 46.1 Å². The van der Waals surface area contributed by atoms with Gasteiger partial charge < -0.3 is 9.13 Å². The Morgan fingerprint density at radius 1 is 0.349 bits per heavy atom. The standard InChI is InChI=1S/C39H34O2P2/c1-39(2,31-17-15-27-37(29-31)42(40,33-19-7-3-8-20-33)34-21-9-4-10-22-34)32-18-16-28-38(30-32)43(41,35-23-11-5-12-24-35)36-25-13-6-14-26-36/h3-30H,1-2H3. The lowest BCUT2D eigenvalue weighted by molar-refractivity contribution is 0.591. The normalized spacial score (nSPS) is 12.1. The molecule has 0 N–H and O–H groups in total. The van der Waals surface area contributed by atoms with Crippen molar-refractivity contribution in [3.63, 3.8) is 0 Å². The van der Waals surface area contributed by atoms with Gasteiger partial charge in [-0.15, -0.1) is 0 Å². The van der Waals surface area contributed by atoms with E-state index in [-0.39, 0.29) is 0 Å². The molecule has 0 unspecified atom stereocenters. The molecule has 212 valence electrons. The third kappa shape index (κ3) is 5.27. The van der Waals surface area contributed by atoms with Gasteiger partial charge in [0.2, 0.25) is 0 Å². The summed E-state index contributed by atoms with van der Waals surface area (Å²) in [5, 5.41) is 4.83. The zero-order chi connectivity index (χ0) is 29.9. The Morgan fingerprint density at radius 2 is 0.605 bits per heavy atom. The van der Waals surface area contributed by atoms with Gasteiger partial charge in [-0.2, -0.15) is 0 Å². The van der Waals surface area contributed by atoms with Gasteiger partial charge in [0.05, 0.1) is 0 Å². The highest BCUT2D eigenvalue weighted by molar-refractivity contribution is 7.85. The van der Waals surface area contributed by atoms with Crippen molar-refractivity contribution in [2.75, 3.05) is 0 Å². The molecule has 6 aromatic carbocycles. The van der Waals surface area contributed by atoms with Crippen molar-refractivity contribution in [1.82, 2.24) is 0 Å². The van der Waals surface area contributed by atoms with Crippen LogP contribution in [0.25, 0.3) is 0 Å². The van der Waals surface area contributed by atoms with E-state index in [1.807, 2.05) is 146 Å². The molecule has 0 aliphatic carbocycles. The van der Waals surface area contributed by atoms with Gasteiger partial charge in [0.15, 0.2) is 14.3 Å². The molecule has 0 atom stereocenters. The molecule has 0 aromatic heterocycles. The van der Waals surface area contributed by atoms with Crippen molar-refractivity contribution in [3.8, 4) is 0 Å². The second kappa shape index (κ2) is 11.8. The van der Waals surface area contributed by atoms with Gasteiger partial charge in [-0.3, -0.25) is 0 Å². The molecule has 0 fully saturated rings. The van der Waals surface area contributed by atoms with Crippen LogP contribution in [0, 0.1) is 0 Å². The van der Waals surface area contributed by atoms with E-state index in [4.69, 9.17) is 0 Å². The predicted molar refractivity (Wildman–Crippen MR) is 184 cm³/mol. The van der Waals surface area contributed by atoms with E-state index in [0.29, 0.717) is 0 Å². The summed E-state index contributed by atoms with van der Waals surface area (Å²) in [5.74, 6) is 0. The molecule has 0 saturated heterocycles. The second-order valence-electron chi connectivity index (χ2n) is 11.3. The molecular weight excluding hydrogens is 562 g/mol. The molecule has 0 amide bonds. The van der Waals surface area contributed by atoms with Crippen LogP contribution < -0.4 is 31.8 Å². The minimum Gasteiger partial charge on any atom is -0.309 e. The van der Waals surface area contributed by atoms with Crippen LogP contribution in [0.15, 0.2) is 170 Å². The number of hydrogen-bond acceptors (Lipinski definition) is 2. The average molecular weight is 597 g/mol. The Balaban J connectivity index is 1.48. The first-order chi connectivity index (χ1) is 20.8. The number of hydrogen-bond donors (Lipinski definition) is 0. The first kappa shape index (κ1) is 28.9. The third-order valence-corrected chi connectivity index (χ3v) is 14.5. The van der Waals surface area contributed by atoms with Crippen LogP contribution in [0.4, 0.5) is 0 Å². The molecule has 0 aliphatic rings. The fourth-order valence-electron chi connectivity index (χ4n) is 5.79. The number of benzene rings is 6. The van der Waals surface area contributed by atoms with Crippen molar-refractivity contribution in [2.45, 2.75) is 19.3 Å². The highest BCUT2D eigenvalue weighted by Crippen LogP contribution is 2.45. The zero-order valence-corrected chi connectivity index (χ0v) is 26.2. The predicted octanol–water partition coefficient (Wildman–Crippen LogP) is 7.29. The maximum atomic E-state index is 15.1. The molecule has 43 heavy (non-hydrogen) atoms. The third-order valence-electron chi connectivity index (χ3n) is 8.34. The second-order valence-corrected chi connectivity index (χ2v) is 16.8. The minimum absolute atomic E-state index is 0.456. The molecule has 0 bridgehead atoms. The Kier molecular flexibility index (Phi) is 7.93. The molecule has 0 radical (unpaired) electrons. The van der Waals surface area contributed by atoms with Gasteiger partial charge in [0.25, 0.3) is 0 Å². The summed E-state index contributed by atoms with van der Waals surface area (Å²) in [6.07, 6.45) is 0. The Bertz CT molecular complexity index is 1700. The summed E-state index contributed by atoms with van der Waals surface area (Å²) in [4.78, 5) is 0. The minimum atomic E-state index is -3.13. The van der Waals surface area contributed by atoms with Crippen molar-refractivity contribution in [1.29, 1.82) is 0 Å². The van der Waals surface area contributed by atoms with Crippen LogP contribution in [0.3, 0.4) is 0 Å². The van der Waals surface area contributed by atoms with Crippen LogP contribution >= 0.6 is 14.3 Å². The van der Waals surface area contributed by atoms with Crippen molar-refractivity contribution in [3.05, 3.63) is 181 Å². The topological polar surface area (TPSA) is 34.1 Å². The lowest BCUT2D eigenvalue weighted by Crippen LogP contribution is -2.29. The van der Waals surface area contributed by atoms with Crippen LogP contribution in [-0.2, 0) is 14.5 Å². The van der Waals surface area contributed by atoms with Gasteiger partial charge in [-0.25, -0.2) is 0 Å². The summed E-state index contributed by atoms with van der Waals surface area (Å²) in [5.41, 5.74) is 1.63. The van der Waals surface area contributed by atoms with E-state index in [2.05, 4.69) is 38.1 Å². The van der Waals surface area contributed by atoms with Gasteiger partial charge >= 0.3 is 0 Å². The first-order valence-corrected chi connectivity index (χ1v) is 17.9. The van der Waals surface area contributed by atoms with E-state index < -0.39 is 19.7 Å². The molecule has 2 nitrogen and oxygen atoms in total. The van der Waals surface area contributed by atoms with Crippen LogP contribution in [0.2, 0.25) is 0 Å². The van der Waals surface area contributed by atoms with E-state index in [0.717, 1.165) is 43.0 Å². The van der Waals surface area contributed by atoms with E-state index >= 15 is 9.13 Å². The Hall–Kier alpha value is -4.22. The van der Waals surface area contributed by atoms with Gasteiger partial charge in [0.1, 0.15) is 0 Å². The van der Waals surface area contributed by atoms with E-state index in [1.54, 1.807) is 0 Å². The maximum Gasteiger partial charge on any atom is 0.171 e. The molecule has 0 spiro atoms. The molecule has 6 aromatic rings. The molecule has 4 heteroatoms. The smallest absolute Gasteiger partial charge is 0.171 e. The molecule has 0 heterocycles. The highest BCUT2D eigenvalue weighted by Gasteiger charge is 2.34. The number of rotatable bonds is 8. The average Bonchev–Trinajstić information content (AvgIpc) is 3.09. The monoisotopic (exact) mass is 596 g/mol. The largest absolute Gasteiger partial charge is 0.309 e. The van der Waals surface area contributed by atoms with E-state index in [9.17, 15) is 0 Å². The lowest BCUT2D eigenvalue weighted by atomic mass is 9.78. The SMILES string of the molecule is CC(C)(c1cccc(P(=O)(c2ccccc2)c2ccccc2)c1)c1cccc(P(=O)(c2ccccc2)c2ccccc2)c1. The summed E-state index contributed by atoms with van der Waals surface area (Å²) >= 11 is 0. The maximum absolute atomic E-state index is 15.1. The van der Waals surface area contributed by atoms with Crippen LogP contribution in [0.1, 0.15) is 25.0 Å². The van der Waals surface area contributed by atoms with Crippen LogP contribution in [0.5, 0.6) is 0 Å². The molecule has 6 rings (SSSR count).